The first-order valence-electron chi connectivity index (χ1n) is 9.38. The highest BCUT2D eigenvalue weighted by molar-refractivity contribution is 5.35. The molecule has 0 bridgehead atoms. The van der Waals surface area contributed by atoms with Crippen molar-refractivity contribution >= 4 is 0 Å². The Balaban J connectivity index is 1.61. The van der Waals surface area contributed by atoms with Crippen LogP contribution >= 0.6 is 0 Å². The van der Waals surface area contributed by atoms with Crippen molar-refractivity contribution in [3.63, 3.8) is 0 Å². The number of hydrogen-bond acceptors (Lipinski definition) is 1. The second-order valence-corrected chi connectivity index (χ2v) is 6.97. The topological polar surface area (TPSA) is 9.23 Å². The summed E-state index contributed by atoms with van der Waals surface area (Å²) in [6, 6.07) is 21.3. The zero-order chi connectivity index (χ0) is 20.1. The van der Waals surface area contributed by atoms with Crippen LogP contribution in [-0.4, -0.2) is 0 Å². The van der Waals surface area contributed by atoms with Crippen LogP contribution in [0.5, 0.6) is 11.5 Å². The van der Waals surface area contributed by atoms with Crippen LogP contribution in [-0.2, 0) is 19.0 Å². The zero-order valence-corrected chi connectivity index (χ0v) is 16.0. The normalized spacial score (nSPS) is 12.6. The number of rotatable bonds is 6. The molecule has 1 unspecified atom stereocenters. The summed E-state index contributed by atoms with van der Waals surface area (Å²) < 4.78 is 43.9. The van der Waals surface area contributed by atoms with E-state index >= 15 is 0 Å². The molecule has 3 aromatic carbocycles. The molecule has 28 heavy (non-hydrogen) atoms. The van der Waals surface area contributed by atoms with Gasteiger partial charge in [-0.2, -0.15) is 13.2 Å². The van der Waals surface area contributed by atoms with Crippen molar-refractivity contribution < 1.29 is 17.9 Å². The maximum absolute atomic E-state index is 12.7. The molecule has 0 aromatic heterocycles. The molecule has 1 nitrogen and oxygen atoms in total. The van der Waals surface area contributed by atoms with E-state index in [-0.39, 0.29) is 5.92 Å². The molecule has 0 aliphatic heterocycles. The molecule has 0 N–H and O–H groups in total. The van der Waals surface area contributed by atoms with E-state index in [9.17, 15) is 13.2 Å². The van der Waals surface area contributed by atoms with E-state index in [0.29, 0.717) is 0 Å². The molecule has 0 fully saturated rings. The van der Waals surface area contributed by atoms with Gasteiger partial charge >= 0.3 is 6.18 Å². The van der Waals surface area contributed by atoms with Gasteiger partial charge in [0.15, 0.2) is 0 Å². The number of alkyl halides is 3. The first-order chi connectivity index (χ1) is 13.3. The van der Waals surface area contributed by atoms with Crippen LogP contribution in [0.3, 0.4) is 0 Å². The van der Waals surface area contributed by atoms with Gasteiger partial charge in [-0.05, 0) is 71.8 Å². The summed E-state index contributed by atoms with van der Waals surface area (Å²) >= 11 is 0. The van der Waals surface area contributed by atoms with Crippen molar-refractivity contribution in [2.24, 2.45) is 0 Å². The van der Waals surface area contributed by atoms with Crippen molar-refractivity contribution in [1.82, 2.24) is 0 Å². The van der Waals surface area contributed by atoms with Gasteiger partial charge in [0.05, 0.1) is 5.56 Å². The SMILES string of the molecule is CCc1ccc(Oc2ccc(CC(C)c3ccc(C(F)(F)F)cc3)cc2)cc1. The Morgan fingerprint density at radius 1 is 0.750 bits per heavy atom. The van der Waals surface area contributed by atoms with E-state index in [0.717, 1.165) is 47.6 Å². The third-order valence-corrected chi connectivity index (χ3v) is 4.84. The van der Waals surface area contributed by atoms with E-state index in [1.54, 1.807) is 12.1 Å². The van der Waals surface area contributed by atoms with Crippen molar-refractivity contribution in [2.45, 2.75) is 38.8 Å². The van der Waals surface area contributed by atoms with E-state index in [2.05, 4.69) is 19.1 Å². The second kappa shape index (κ2) is 8.51. The lowest BCUT2D eigenvalue weighted by molar-refractivity contribution is -0.137. The molecule has 0 aliphatic rings. The zero-order valence-electron chi connectivity index (χ0n) is 16.0. The minimum Gasteiger partial charge on any atom is -0.457 e. The van der Waals surface area contributed by atoms with Crippen LogP contribution in [0.1, 0.15) is 42.0 Å². The quantitative estimate of drug-likeness (QED) is 0.430. The number of ether oxygens (including phenoxy) is 1. The van der Waals surface area contributed by atoms with Crippen LogP contribution in [0.4, 0.5) is 13.2 Å². The number of hydrogen-bond donors (Lipinski definition) is 0. The van der Waals surface area contributed by atoms with Gasteiger partial charge in [0.25, 0.3) is 0 Å². The maximum Gasteiger partial charge on any atom is 0.416 e. The molecule has 0 radical (unpaired) electrons. The Kier molecular flexibility index (Phi) is 6.08. The highest BCUT2D eigenvalue weighted by Crippen LogP contribution is 2.31. The Morgan fingerprint density at radius 3 is 1.71 bits per heavy atom. The average molecular weight is 384 g/mol. The molecule has 1 atom stereocenters. The molecule has 146 valence electrons. The van der Waals surface area contributed by atoms with Crippen molar-refractivity contribution in [1.29, 1.82) is 0 Å². The predicted molar refractivity (Wildman–Crippen MR) is 106 cm³/mol. The van der Waals surface area contributed by atoms with Crippen molar-refractivity contribution in [3.05, 3.63) is 95.1 Å². The molecule has 3 rings (SSSR count). The number of aryl methyl sites for hydroxylation is 1. The fourth-order valence-corrected chi connectivity index (χ4v) is 3.09. The summed E-state index contributed by atoms with van der Waals surface area (Å²) in [6.07, 6.45) is -2.56. The van der Waals surface area contributed by atoms with Crippen molar-refractivity contribution in [2.75, 3.05) is 0 Å². The molecule has 0 spiro atoms. The molecular formula is C24H23F3O. The van der Waals surface area contributed by atoms with Gasteiger partial charge in [-0.15, -0.1) is 0 Å². The van der Waals surface area contributed by atoms with E-state index in [4.69, 9.17) is 4.74 Å². The Labute approximate surface area is 163 Å². The van der Waals surface area contributed by atoms with Crippen LogP contribution in [0.2, 0.25) is 0 Å². The van der Waals surface area contributed by atoms with Crippen LogP contribution < -0.4 is 4.74 Å². The van der Waals surface area contributed by atoms with Gasteiger partial charge < -0.3 is 4.74 Å². The monoisotopic (exact) mass is 384 g/mol. The summed E-state index contributed by atoms with van der Waals surface area (Å²) in [7, 11) is 0. The number of halogens is 3. The molecule has 0 heterocycles. The van der Waals surface area contributed by atoms with Gasteiger partial charge in [-0.3, -0.25) is 0 Å². The Bertz CT molecular complexity index is 879. The van der Waals surface area contributed by atoms with Gasteiger partial charge in [0.2, 0.25) is 0 Å². The molecule has 0 saturated heterocycles. The molecule has 0 amide bonds. The molecule has 0 saturated carbocycles. The van der Waals surface area contributed by atoms with Crippen LogP contribution in [0.15, 0.2) is 72.8 Å². The average Bonchev–Trinajstić information content (AvgIpc) is 2.69. The highest BCUT2D eigenvalue weighted by Gasteiger charge is 2.30. The fourth-order valence-electron chi connectivity index (χ4n) is 3.09. The first kappa shape index (κ1) is 20.0. The third-order valence-electron chi connectivity index (χ3n) is 4.84. The minimum atomic E-state index is -4.30. The van der Waals surface area contributed by atoms with E-state index in [1.165, 1.54) is 5.56 Å². The molecule has 0 aliphatic carbocycles. The van der Waals surface area contributed by atoms with Crippen LogP contribution in [0.25, 0.3) is 0 Å². The summed E-state index contributed by atoms with van der Waals surface area (Å²) in [5.41, 5.74) is 2.65. The smallest absolute Gasteiger partial charge is 0.416 e. The maximum atomic E-state index is 12.7. The Hall–Kier alpha value is -2.75. The Morgan fingerprint density at radius 2 is 1.25 bits per heavy atom. The summed E-state index contributed by atoms with van der Waals surface area (Å²) in [4.78, 5) is 0. The predicted octanol–water partition coefficient (Wildman–Crippen LogP) is 7.41. The fraction of sp³-hybridized carbons (Fsp3) is 0.250. The van der Waals surface area contributed by atoms with Gasteiger partial charge in [0, 0.05) is 0 Å². The first-order valence-corrected chi connectivity index (χ1v) is 9.38. The van der Waals surface area contributed by atoms with E-state index < -0.39 is 11.7 Å². The van der Waals surface area contributed by atoms with E-state index in [1.807, 2.05) is 43.3 Å². The number of benzene rings is 3. The van der Waals surface area contributed by atoms with Gasteiger partial charge in [-0.1, -0.05) is 50.2 Å². The minimum absolute atomic E-state index is 0.121. The highest BCUT2D eigenvalue weighted by atomic mass is 19.4. The third kappa shape index (κ3) is 5.16. The van der Waals surface area contributed by atoms with Gasteiger partial charge in [-0.25, -0.2) is 0 Å². The summed E-state index contributed by atoms with van der Waals surface area (Å²) in [6.45, 7) is 4.13. The molecule has 3 aromatic rings. The lowest BCUT2D eigenvalue weighted by Gasteiger charge is -2.14. The molecule has 4 heteroatoms. The second-order valence-electron chi connectivity index (χ2n) is 6.97. The van der Waals surface area contributed by atoms with Gasteiger partial charge in [0.1, 0.15) is 11.5 Å². The summed E-state index contributed by atoms with van der Waals surface area (Å²) in [5, 5.41) is 0. The summed E-state index contributed by atoms with van der Waals surface area (Å²) in [5.74, 6) is 1.67. The molecular weight excluding hydrogens is 361 g/mol. The largest absolute Gasteiger partial charge is 0.457 e. The lowest BCUT2D eigenvalue weighted by atomic mass is 9.93. The van der Waals surface area contributed by atoms with Crippen LogP contribution in [0, 0.1) is 0 Å². The van der Waals surface area contributed by atoms with Crippen molar-refractivity contribution in [3.8, 4) is 11.5 Å². The lowest BCUT2D eigenvalue weighted by Crippen LogP contribution is -2.05. The standard InChI is InChI=1S/C24H23F3O/c1-3-18-4-12-22(13-5-18)28-23-14-6-19(7-15-23)16-17(2)20-8-10-21(11-9-20)24(25,26)27/h4-15,17H,3,16H2,1-2H3.